The summed E-state index contributed by atoms with van der Waals surface area (Å²) in [5, 5.41) is 12.9. The number of pyridine rings is 2. The predicted octanol–water partition coefficient (Wildman–Crippen LogP) is 2.29. The maximum Gasteiger partial charge on any atom is 0.138 e. The molecule has 2 N–H and O–H groups in total. The lowest BCUT2D eigenvalue weighted by Crippen LogP contribution is -2.04. The summed E-state index contributed by atoms with van der Waals surface area (Å²) < 4.78 is 1.83. The zero-order valence-corrected chi connectivity index (χ0v) is 11.6. The zero-order chi connectivity index (χ0) is 14.7. The first-order chi connectivity index (χ1) is 10.2. The molecule has 3 heterocycles. The third-order valence-corrected chi connectivity index (χ3v) is 3.07. The molecule has 3 aromatic heterocycles. The Kier molecular flexibility index (Phi) is 3.51. The van der Waals surface area contributed by atoms with Crippen LogP contribution in [0.5, 0.6) is 5.75 Å². The first kappa shape index (κ1) is 13.1. The van der Waals surface area contributed by atoms with Gasteiger partial charge in [0.1, 0.15) is 23.6 Å². The summed E-state index contributed by atoms with van der Waals surface area (Å²) >= 11 is 0. The lowest BCUT2D eigenvalue weighted by Gasteiger charge is -2.08. The van der Waals surface area contributed by atoms with Crippen LogP contribution in [0, 0.1) is 6.92 Å². The molecule has 0 radical (unpaired) electrons. The average molecular weight is 281 g/mol. The standard InChI is InChI=1S/C15H15N5O/c1-11-2-4-14(21)13(19-11)9-17-12-3-5-15(18-8-12)20-7-6-16-10-20/h2-8,10,17,21H,9H2,1H3. The number of aromatic hydroxyl groups is 1. The number of nitrogens with zero attached hydrogens (tertiary/aromatic N) is 4. The molecule has 3 aromatic rings. The van der Waals surface area contributed by atoms with Crippen LogP contribution in [-0.2, 0) is 6.54 Å². The molecule has 21 heavy (non-hydrogen) atoms. The number of hydrogen-bond acceptors (Lipinski definition) is 5. The third kappa shape index (κ3) is 3.00. The molecule has 0 aliphatic carbocycles. The lowest BCUT2D eigenvalue weighted by atomic mass is 10.2. The Hall–Kier alpha value is -2.89. The molecule has 0 atom stereocenters. The van der Waals surface area contributed by atoms with Gasteiger partial charge in [-0.25, -0.2) is 9.97 Å². The summed E-state index contributed by atoms with van der Waals surface area (Å²) in [6, 6.07) is 7.25. The van der Waals surface area contributed by atoms with Crippen molar-refractivity contribution >= 4 is 5.69 Å². The van der Waals surface area contributed by atoms with E-state index in [1.165, 1.54) is 0 Å². The van der Waals surface area contributed by atoms with E-state index in [2.05, 4.69) is 20.3 Å². The van der Waals surface area contributed by atoms with Crippen LogP contribution in [0.3, 0.4) is 0 Å². The van der Waals surface area contributed by atoms with Crippen LogP contribution < -0.4 is 5.32 Å². The highest BCUT2D eigenvalue weighted by Gasteiger charge is 2.03. The molecule has 0 aliphatic heterocycles. The molecule has 6 heteroatoms. The van der Waals surface area contributed by atoms with Crippen LogP contribution in [0.15, 0.2) is 49.2 Å². The van der Waals surface area contributed by atoms with Crippen LogP contribution in [0.2, 0.25) is 0 Å². The minimum atomic E-state index is 0.191. The van der Waals surface area contributed by atoms with Gasteiger partial charge in [0.05, 0.1) is 18.4 Å². The number of rotatable bonds is 4. The second kappa shape index (κ2) is 5.62. The molecular weight excluding hydrogens is 266 g/mol. The van der Waals surface area contributed by atoms with Gasteiger partial charge in [0, 0.05) is 18.1 Å². The maximum absolute atomic E-state index is 9.75. The minimum absolute atomic E-state index is 0.191. The van der Waals surface area contributed by atoms with Gasteiger partial charge >= 0.3 is 0 Å². The van der Waals surface area contributed by atoms with Crippen molar-refractivity contribution in [3.05, 3.63) is 60.6 Å². The minimum Gasteiger partial charge on any atom is -0.506 e. The summed E-state index contributed by atoms with van der Waals surface area (Å²) in [7, 11) is 0. The summed E-state index contributed by atoms with van der Waals surface area (Å²) in [5.41, 5.74) is 2.36. The van der Waals surface area contributed by atoms with Crippen molar-refractivity contribution in [2.45, 2.75) is 13.5 Å². The normalized spacial score (nSPS) is 10.5. The molecule has 0 fully saturated rings. The van der Waals surface area contributed by atoms with Gasteiger partial charge < -0.3 is 10.4 Å². The van der Waals surface area contributed by atoms with Crippen LogP contribution in [-0.4, -0.2) is 24.6 Å². The van der Waals surface area contributed by atoms with Gasteiger partial charge in [-0.2, -0.15) is 0 Å². The fourth-order valence-corrected chi connectivity index (χ4v) is 1.96. The molecular formula is C15H15N5O. The highest BCUT2D eigenvalue weighted by molar-refractivity contribution is 5.44. The molecule has 0 unspecified atom stereocenters. The number of aryl methyl sites for hydroxylation is 1. The molecule has 106 valence electrons. The SMILES string of the molecule is Cc1ccc(O)c(CNc2ccc(-n3ccnc3)nc2)n1. The zero-order valence-electron chi connectivity index (χ0n) is 11.6. The van der Waals surface area contributed by atoms with Crippen molar-refractivity contribution in [1.29, 1.82) is 0 Å². The Labute approximate surface area is 122 Å². The van der Waals surface area contributed by atoms with Crippen LogP contribution in [0.4, 0.5) is 5.69 Å². The Morgan fingerprint density at radius 2 is 2.14 bits per heavy atom. The number of imidazole rings is 1. The van der Waals surface area contributed by atoms with E-state index < -0.39 is 0 Å². The highest BCUT2D eigenvalue weighted by Crippen LogP contribution is 2.17. The van der Waals surface area contributed by atoms with Gasteiger partial charge in [0.25, 0.3) is 0 Å². The molecule has 0 saturated carbocycles. The van der Waals surface area contributed by atoms with Gasteiger partial charge in [-0.15, -0.1) is 0 Å². The van der Waals surface area contributed by atoms with E-state index in [0.717, 1.165) is 17.2 Å². The third-order valence-electron chi connectivity index (χ3n) is 3.07. The number of hydrogen-bond donors (Lipinski definition) is 2. The lowest BCUT2D eigenvalue weighted by molar-refractivity contribution is 0.464. The van der Waals surface area contributed by atoms with Gasteiger partial charge in [-0.05, 0) is 31.2 Å². The van der Waals surface area contributed by atoms with Gasteiger partial charge in [-0.1, -0.05) is 0 Å². The molecule has 3 rings (SSSR count). The average Bonchev–Trinajstić information content (AvgIpc) is 3.03. The van der Waals surface area contributed by atoms with E-state index in [1.54, 1.807) is 30.9 Å². The summed E-state index contributed by atoms with van der Waals surface area (Å²) in [6.45, 7) is 2.34. The van der Waals surface area contributed by atoms with E-state index in [1.807, 2.05) is 29.8 Å². The van der Waals surface area contributed by atoms with Crippen molar-refractivity contribution < 1.29 is 5.11 Å². The molecule has 0 aromatic carbocycles. The molecule has 0 bridgehead atoms. The van der Waals surface area contributed by atoms with E-state index in [-0.39, 0.29) is 5.75 Å². The largest absolute Gasteiger partial charge is 0.506 e. The quantitative estimate of drug-likeness (QED) is 0.767. The number of aromatic nitrogens is 4. The number of anilines is 1. The van der Waals surface area contributed by atoms with E-state index in [0.29, 0.717) is 12.2 Å². The van der Waals surface area contributed by atoms with Crippen molar-refractivity contribution in [2.24, 2.45) is 0 Å². The molecule has 6 nitrogen and oxygen atoms in total. The van der Waals surface area contributed by atoms with E-state index in [4.69, 9.17) is 0 Å². The Bertz CT molecular complexity index is 722. The van der Waals surface area contributed by atoms with Crippen molar-refractivity contribution in [3.63, 3.8) is 0 Å². The summed E-state index contributed by atoms with van der Waals surface area (Å²) in [5.74, 6) is 0.991. The van der Waals surface area contributed by atoms with Gasteiger partial charge in [0.2, 0.25) is 0 Å². The summed E-state index contributed by atoms with van der Waals surface area (Å²) in [4.78, 5) is 12.6. The predicted molar refractivity (Wildman–Crippen MR) is 79.3 cm³/mol. The molecule has 0 spiro atoms. The van der Waals surface area contributed by atoms with E-state index >= 15 is 0 Å². The van der Waals surface area contributed by atoms with Crippen LogP contribution in [0.1, 0.15) is 11.4 Å². The molecule has 0 aliphatic rings. The second-order valence-corrected chi connectivity index (χ2v) is 4.65. The van der Waals surface area contributed by atoms with Crippen LogP contribution in [0.25, 0.3) is 5.82 Å². The van der Waals surface area contributed by atoms with Crippen molar-refractivity contribution in [2.75, 3.05) is 5.32 Å². The first-order valence-electron chi connectivity index (χ1n) is 6.56. The summed E-state index contributed by atoms with van der Waals surface area (Å²) in [6.07, 6.45) is 6.98. The first-order valence-corrected chi connectivity index (χ1v) is 6.56. The van der Waals surface area contributed by atoms with Gasteiger partial charge in [0.15, 0.2) is 0 Å². The van der Waals surface area contributed by atoms with Crippen molar-refractivity contribution in [1.82, 2.24) is 19.5 Å². The highest BCUT2D eigenvalue weighted by atomic mass is 16.3. The Morgan fingerprint density at radius 3 is 2.86 bits per heavy atom. The second-order valence-electron chi connectivity index (χ2n) is 4.65. The van der Waals surface area contributed by atoms with Gasteiger partial charge in [-0.3, -0.25) is 9.55 Å². The Balaban J connectivity index is 1.70. The van der Waals surface area contributed by atoms with Crippen LogP contribution >= 0.6 is 0 Å². The smallest absolute Gasteiger partial charge is 0.138 e. The number of nitrogens with one attached hydrogen (secondary N) is 1. The molecule has 0 saturated heterocycles. The fourth-order valence-electron chi connectivity index (χ4n) is 1.96. The van der Waals surface area contributed by atoms with E-state index in [9.17, 15) is 5.11 Å². The molecule has 0 amide bonds. The maximum atomic E-state index is 9.75. The Morgan fingerprint density at radius 1 is 1.24 bits per heavy atom. The topological polar surface area (TPSA) is 75.9 Å². The van der Waals surface area contributed by atoms with Crippen molar-refractivity contribution in [3.8, 4) is 11.6 Å². The monoisotopic (exact) mass is 281 g/mol. The fraction of sp³-hybridized carbons (Fsp3) is 0.133.